The maximum Gasteiger partial charge on any atom is 0.0587 e. The zero-order valence-corrected chi connectivity index (χ0v) is 25.7. The van der Waals surface area contributed by atoms with Gasteiger partial charge in [0.2, 0.25) is 0 Å². The maximum atomic E-state index is 4.31. The van der Waals surface area contributed by atoms with Crippen LogP contribution in [0.1, 0.15) is 62.0 Å². The van der Waals surface area contributed by atoms with Crippen LogP contribution in [0.2, 0.25) is 0 Å². The van der Waals surface area contributed by atoms with Crippen LogP contribution in [0.3, 0.4) is 0 Å². The van der Waals surface area contributed by atoms with Crippen molar-refractivity contribution >= 4 is 33.6 Å². The topological polar surface area (TPSA) is 29.2 Å². The van der Waals surface area contributed by atoms with Crippen molar-refractivity contribution in [2.24, 2.45) is 5.92 Å². The third-order valence-corrected chi connectivity index (χ3v) is 12.0. The van der Waals surface area contributed by atoms with Crippen molar-refractivity contribution in [3.63, 3.8) is 0 Å². The van der Waals surface area contributed by atoms with Gasteiger partial charge in [0.1, 0.15) is 0 Å². The fourth-order valence-corrected chi connectivity index (χ4v) is 10.6. The standard InChI is InChI=1S/C36H39N5S/c1-22-4-6-31-27(12-22)29-18-38(3)17-26-14-24(16-40(31)35(26)29)15-39-19-30-28-13-23(2)5-7-32(28)41-21-33(25-8-10-37-11-9-25)42-34(20-39)36(30)41/h4-13,24,26,33-34H,14-21H2,1-3H3. The first-order valence-electron chi connectivity index (χ1n) is 15.7. The Hall–Kier alpha value is -3.06. The van der Waals surface area contributed by atoms with Crippen LogP contribution in [-0.2, 0) is 26.2 Å². The average Bonchev–Trinajstić information content (AvgIpc) is 3.46. The number of pyridine rings is 1. The molecule has 5 nitrogen and oxygen atoms in total. The normalized spacial score (nSPS) is 25.6. The largest absolute Gasteiger partial charge is 0.344 e. The molecule has 0 N–H and O–H groups in total. The van der Waals surface area contributed by atoms with Crippen LogP contribution >= 0.6 is 11.8 Å². The molecule has 4 aliphatic rings. The van der Waals surface area contributed by atoms with Crippen LogP contribution in [0.25, 0.3) is 21.8 Å². The number of rotatable bonds is 3. The van der Waals surface area contributed by atoms with E-state index in [4.69, 9.17) is 0 Å². The lowest BCUT2D eigenvalue weighted by molar-refractivity contribution is 0.159. The molecule has 214 valence electrons. The summed E-state index contributed by atoms with van der Waals surface area (Å²) in [6.07, 6.45) is 5.21. The lowest BCUT2D eigenvalue weighted by Crippen LogP contribution is -2.42. The van der Waals surface area contributed by atoms with Crippen LogP contribution in [0.15, 0.2) is 60.9 Å². The highest BCUT2D eigenvalue weighted by molar-refractivity contribution is 7.99. The SMILES string of the molecule is Cc1ccc2c(c1)c1c3n2CC(CN2Cc4c5n(c6ccc(C)cc46)CC(c4ccncc4)SC5C2)CC3CN(C)C1. The molecule has 2 aromatic carbocycles. The molecule has 0 aliphatic carbocycles. The smallest absolute Gasteiger partial charge is 0.0587 e. The van der Waals surface area contributed by atoms with E-state index in [1.54, 1.807) is 22.5 Å². The van der Waals surface area contributed by atoms with Gasteiger partial charge in [0.05, 0.1) is 5.25 Å². The zero-order chi connectivity index (χ0) is 28.1. The van der Waals surface area contributed by atoms with E-state index >= 15 is 0 Å². The number of benzene rings is 2. The van der Waals surface area contributed by atoms with Gasteiger partial charge in [0.25, 0.3) is 0 Å². The van der Waals surface area contributed by atoms with Crippen molar-refractivity contribution in [1.29, 1.82) is 0 Å². The summed E-state index contributed by atoms with van der Waals surface area (Å²) in [5.41, 5.74) is 13.4. The molecule has 0 saturated heterocycles. The van der Waals surface area contributed by atoms with Gasteiger partial charge in [-0.15, -0.1) is 11.8 Å². The Kier molecular flexibility index (Phi) is 5.74. The highest BCUT2D eigenvalue weighted by atomic mass is 32.2. The van der Waals surface area contributed by atoms with E-state index in [9.17, 15) is 0 Å². The van der Waals surface area contributed by atoms with E-state index in [0.717, 1.165) is 32.7 Å². The number of nitrogens with zero attached hydrogens (tertiary/aromatic N) is 5. The van der Waals surface area contributed by atoms with Gasteiger partial charge in [0, 0.05) is 103 Å². The first kappa shape index (κ1) is 25.4. The van der Waals surface area contributed by atoms with Crippen molar-refractivity contribution in [2.45, 2.75) is 62.9 Å². The summed E-state index contributed by atoms with van der Waals surface area (Å²) in [5.74, 6) is 1.30. The predicted molar refractivity (Wildman–Crippen MR) is 173 cm³/mol. The molecule has 0 spiro atoms. The third kappa shape index (κ3) is 3.88. The Balaban J connectivity index is 1.07. The van der Waals surface area contributed by atoms with Gasteiger partial charge in [-0.2, -0.15) is 0 Å². The lowest BCUT2D eigenvalue weighted by Gasteiger charge is -2.42. The van der Waals surface area contributed by atoms with Crippen molar-refractivity contribution < 1.29 is 0 Å². The van der Waals surface area contributed by atoms with Gasteiger partial charge in [-0.05, 0) is 86.3 Å². The molecular formula is C36H39N5S. The second-order valence-electron chi connectivity index (χ2n) is 13.6. The molecule has 0 saturated carbocycles. The molecule has 9 rings (SSSR count). The van der Waals surface area contributed by atoms with Crippen LogP contribution in [0, 0.1) is 19.8 Å². The van der Waals surface area contributed by atoms with Crippen LogP contribution in [0.4, 0.5) is 0 Å². The average molecular weight is 574 g/mol. The van der Waals surface area contributed by atoms with E-state index in [-0.39, 0.29) is 0 Å². The summed E-state index contributed by atoms with van der Waals surface area (Å²) in [4.78, 5) is 9.69. The minimum absolute atomic E-state index is 0.457. The van der Waals surface area contributed by atoms with Crippen molar-refractivity contribution in [3.05, 3.63) is 100 Å². The summed E-state index contributed by atoms with van der Waals surface area (Å²) in [6, 6.07) is 18.7. The van der Waals surface area contributed by atoms with Crippen molar-refractivity contribution in [3.8, 4) is 0 Å². The summed E-state index contributed by atoms with van der Waals surface area (Å²) < 4.78 is 5.41. The molecule has 6 heteroatoms. The molecule has 5 aromatic rings. The third-order valence-electron chi connectivity index (χ3n) is 10.5. The van der Waals surface area contributed by atoms with E-state index in [2.05, 4.69) is 105 Å². The minimum Gasteiger partial charge on any atom is -0.344 e. The van der Waals surface area contributed by atoms with Crippen LogP contribution in [-0.4, -0.2) is 50.6 Å². The van der Waals surface area contributed by atoms with Gasteiger partial charge in [0.15, 0.2) is 0 Å². The number of hydrogen-bond donors (Lipinski definition) is 0. The van der Waals surface area contributed by atoms with E-state index in [0.29, 0.717) is 22.3 Å². The number of likely N-dealkylation sites (N-methyl/N-ethyl adjacent to an activating group) is 1. The fraction of sp³-hybridized carbons (Fsp3) is 0.417. The Bertz CT molecular complexity index is 1850. The Morgan fingerprint density at radius 3 is 2.19 bits per heavy atom. The summed E-state index contributed by atoms with van der Waals surface area (Å²) in [5, 5.41) is 3.93. The van der Waals surface area contributed by atoms with Gasteiger partial charge >= 0.3 is 0 Å². The molecule has 0 amide bonds. The Morgan fingerprint density at radius 2 is 1.45 bits per heavy atom. The van der Waals surface area contributed by atoms with E-state index in [1.807, 2.05) is 12.4 Å². The quantitative estimate of drug-likeness (QED) is 0.228. The van der Waals surface area contributed by atoms with Crippen LogP contribution in [0.5, 0.6) is 0 Å². The molecular weight excluding hydrogens is 534 g/mol. The Labute approximate surface area is 252 Å². The molecule has 0 fully saturated rings. The van der Waals surface area contributed by atoms with Gasteiger partial charge < -0.3 is 14.0 Å². The molecule has 4 unspecified atom stereocenters. The van der Waals surface area contributed by atoms with E-state index < -0.39 is 0 Å². The summed E-state index contributed by atoms with van der Waals surface area (Å²) in [7, 11) is 2.31. The van der Waals surface area contributed by atoms with E-state index in [1.165, 1.54) is 58.0 Å². The molecule has 0 bridgehead atoms. The molecule has 0 radical (unpaired) electrons. The number of aryl methyl sites for hydroxylation is 2. The van der Waals surface area contributed by atoms with Crippen molar-refractivity contribution in [1.82, 2.24) is 23.9 Å². The number of fused-ring (bicyclic) bond motifs is 6. The molecule has 3 aromatic heterocycles. The summed E-state index contributed by atoms with van der Waals surface area (Å²) in [6.45, 7) is 12.3. The molecule has 7 heterocycles. The van der Waals surface area contributed by atoms with Gasteiger partial charge in [-0.3, -0.25) is 9.88 Å². The molecule has 4 atom stereocenters. The molecule has 42 heavy (non-hydrogen) atoms. The fourth-order valence-electron chi connectivity index (χ4n) is 8.92. The predicted octanol–water partition coefficient (Wildman–Crippen LogP) is 7.20. The highest BCUT2D eigenvalue weighted by Crippen LogP contribution is 2.52. The van der Waals surface area contributed by atoms with Crippen LogP contribution < -0.4 is 0 Å². The second kappa shape index (κ2) is 9.47. The summed E-state index contributed by atoms with van der Waals surface area (Å²) >= 11 is 2.19. The highest BCUT2D eigenvalue weighted by Gasteiger charge is 2.40. The molecule has 4 aliphatic heterocycles. The first-order chi connectivity index (χ1) is 20.5. The van der Waals surface area contributed by atoms with Gasteiger partial charge in [-0.25, -0.2) is 0 Å². The second-order valence-corrected chi connectivity index (χ2v) is 15.0. The first-order valence-corrected chi connectivity index (χ1v) is 16.6. The van der Waals surface area contributed by atoms with Gasteiger partial charge in [-0.1, -0.05) is 23.3 Å². The number of thioether (sulfide) groups is 1. The van der Waals surface area contributed by atoms with Crippen molar-refractivity contribution in [2.75, 3.05) is 26.7 Å². The number of aromatic nitrogens is 3. The number of hydrogen-bond acceptors (Lipinski definition) is 4. The maximum absolute atomic E-state index is 4.31. The monoisotopic (exact) mass is 573 g/mol. The lowest BCUT2D eigenvalue weighted by atomic mass is 9.83. The Morgan fingerprint density at radius 1 is 0.762 bits per heavy atom. The minimum atomic E-state index is 0.457. The zero-order valence-electron chi connectivity index (χ0n) is 24.9.